The van der Waals surface area contributed by atoms with Gasteiger partial charge in [0.25, 0.3) is 0 Å². The van der Waals surface area contributed by atoms with Gasteiger partial charge in [-0.15, -0.1) is 0 Å². The molecular weight excluding hydrogens is 226 g/mol. The second-order valence-electron chi connectivity index (χ2n) is 6.85. The third kappa shape index (κ3) is 2.59. The highest BCUT2D eigenvalue weighted by molar-refractivity contribution is 4.99. The molecule has 1 saturated carbocycles. The second-order valence-corrected chi connectivity index (χ2v) is 6.85. The summed E-state index contributed by atoms with van der Waals surface area (Å²) in [5, 5.41) is 11.0. The summed E-state index contributed by atoms with van der Waals surface area (Å²) in [7, 11) is 2.19. The van der Waals surface area contributed by atoms with Crippen molar-refractivity contribution in [2.75, 3.05) is 20.3 Å². The van der Waals surface area contributed by atoms with Crippen molar-refractivity contribution in [3.8, 4) is 0 Å². The summed E-state index contributed by atoms with van der Waals surface area (Å²) in [6, 6.07) is 0.872. The highest BCUT2D eigenvalue weighted by Gasteiger charge is 2.45. The number of ether oxygens (including phenoxy) is 1. The fraction of sp³-hybridized carbons (Fsp3) is 1.00. The van der Waals surface area contributed by atoms with E-state index in [1.807, 2.05) is 0 Å². The average molecular weight is 253 g/mol. The lowest BCUT2D eigenvalue weighted by molar-refractivity contribution is -0.141. The number of rotatable bonds is 2. The van der Waals surface area contributed by atoms with Gasteiger partial charge in [0.15, 0.2) is 0 Å². The van der Waals surface area contributed by atoms with Crippen LogP contribution >= 0.6 is 0 Å². The molecule has 3 rings (SSSR count). The van der Waals surface area contributed by atoms with Crippen LogP contribution in [0.15, 0.2) is 0 Å². The van der Waals surface area contributed by atoms with Gasteiger partial charge in [0.2, 0.25) is 0 Å². The van der Waals surface area contributed by atoms with E-state index in [1.54, 1.807) is 0 Å². The van der Waals surface area contributed by atoms with Crippen LogP contribution in [0.2, 0.25) is 0 Å². The Balaban J connectivity index is 1.63. The lowest BCUT2D eigenvalue weighted by Gasteiger charge is -2.51. The van der Waals surface area contributed by atoms with Gasteiger partial charge in [0.05, 0.1) is 18.8 Å². The Morgan fingerprint density at radius 3 is 2.33 bits per heavy atom. The van der Waals surface area contributed by atoms with Crippen molar-refractivity contribution in [3.63, 3.8) is 0 Å². The van der Waals surface area contributed by atoms with Gasteiger partial charge in [-0.1, -0.05) is 32.1 Å². The minimum atomic E-state index is -0.409. The molecule has 0 amide bonds. The van der Waals surface area contributed by atoms with Crippen molar-refractivity contribution in [2.24, 2.45) is 5.92 Å². The van der Waals surface area contributed by atoms with Crippen LogP contribution < -0.4 is 0 Å². The maximum Gasteiger partial charge on any atom is 0.0682 e. The number of hydrogen-bond donors (Lipinski definition) is 1. The summed E-state index contributed by atoms with van der Waals surface area (Å²) in [4.78, 5) is 2.43. The second kappa shape index (κ2) is 5.10. The van der Waals surface area contributed by atoms with Gasteiger partial charge >= 0.3 is 0 Å². The Morgan fingerprint density at radius 1 is 1.11 bits per heavy atom. The van der Waals surface area contributed by atoms with E-state index < -0.39 is 5.60 Å². The maximum atomic E-state index is 11.0. The first-order valence-electron chi connectivity index (χ1n) is 7.68. The highest BCUT2D eigenvalue weighted by Crippen LogP contribution is 2.40. The first-order chi connectivity index (χ1) is 8.66. The van der Waals surface area contributed by atoms with Crippen molar-refractivity contribution < 1.29 is 9.84 Å². The van der Waals surface area contributed by atoms with E-state index in [9.17, 15) is 5.11 Å². The van der Waals surface area contributed by atoms with E-state index in [1.165, 1.54) is 32.1 Å². The maximum absolute atomic E-state index is 11.0. The fourth-order valence-corrected chi connectivity index (χ4v) is 4.34. The number of nitrogens with zero attached hydrogens (tertiary/aromatic N) is 1. The molecule has 2 aliphatic heterocycles. The quantitative estimate of drug-likeness (QED) is 0.819. The van der Waals surface area contributed by atoms with Crippen LogP contribution in [0.1, 0.15) is 51.4 Å². The summed E-state index contributed by atoms with van der Waals surface area (Å²) in [5.74, 6) is 0.772. The molecule has 104 valence electrons. The number of fused-ring (bicyclic) bond motifs is 2. The molecule has 2 saturated heterocycles. The Kier molecular flexibility index (Phi) is 3.65. The Hall–Kier alpha value is -0.120. The summed E-state index contributed by atoms with van der Waals surface area (Å²) in [6.45, 7) is 1.61. The molecular formula is C15H27NO2. The lowest BCUT2D eigenvalue weighted by atomic mass is 9.73. The number of aliphatic hydroxyl groups is 1. The molecule has 2 bridgehead atoms. The highest BCUT2D eigenvalue weighted by atomic mass is 16.5. The van der Waals surface area contributed by atoms with Crippen LogP contribution in [0.25, 0.3) is 0 Å². The van der Waals surface area contributed by atoms with Crippen LogP contribution in [0.3, 0.4) is 0 Å². The van der Waals surface area contributed by atoms with Crippen molar-refractivity contribution in [1.82, 2.24) is 4.90 Å². The molecule has 0 aromatic heterocycles. The molecule has 0 aromatic rings. The third-order valence-corrected chi connectivity index (χ3v) is 5.40. The average Bonchev–Trinajstić information content (AvgIpc) is 2.33. The zero-order valence-electron chi connectivity index (χ0n) is 11.6. The predicted molar refractivity (Wildman–Crippen MR) is 71.5 cm³/mol. The Bertz CT molecular complexity index is 274. The molecule has 1 N–H and O–H groups in total. The van der Waals surface area contributed by atoms with Crippen molar-refractivity contribution in [3.05, 3.63) is 0 Å². The van der Waals surface area contributed by atoms with E-state index in [-0.39, 0.29) is 0 Å². The standard InChI is InChI=1S/C15H27NO2/c1-16-13-8-15(17,9-14(16)11-18-10-13)7-12-5-3-2-4-6-12/h12-14,17H,2-11H2,1H3. The molecule has 18 heavy (non-hydrogen) atoms. The minimum Gasteiger partial charge on any atom is -0.390 e. The molecule has 0 spiro atoms. The third-order valence-electron chi connectivity index (χ3n) is 5.40. The van der Waals surface area contributed by atoms with Gasteiger partial charge in [-0.05, 0) is 32.2 Å². The Morgan fingerprint density at radius 2 is 1.72 bits per heavy atom. The van der Waals surface area contributed by atoms with E-state index in [0.717, 1.165) is 38.4 Å². The van der Waals surface area contributed by atoms with Crippen molar-refractivity contribution >= 4 is 0 Å². The van der Waals surface area contributed by atoms with Crippen molar-refractivity contribution in [1.29, 1.82) is 0 Å². The van der Waals surface area contributed by atoms with Gasteiger partial charge in [-0.3, -0.25) is 4.90 Å². The van der Waals surface area contributed by atoms with Crippen LogP contribution in [-0.4, -0.2) is 48.0 Å². The molecule has 2 heterocycles. The SMILES string of the molecule is CN1C2COCC1CC(O)(CC1CCCCC1)C2. The van der Waals surface area contributed by atoms with Crippen molar-refractivity contribution in [2.45, 2.75) is 69.1 Å². The molecule has 2 unspecified atom stereocenters. The molecule has 3 fully saturated rings. The van der Waals surface area contributed by atoms with Crippen LogP contribution in [0.5, 0.6) is 0 Å². The van der Waals surface area contributed by atoms with E-state index in [0.29, 0.717) is 12.1 Å². The summed E-state index contributed by atoms with van der Waals surface area (Å²) in [6.07, 6.45) is 9.68. The zero-order valence-corrected chi connectivity index (χ0v) is 11.6. The summed E-state index contributed by atoms with van der Waals surface area (Å²) < 4.78 is 5.64. The first kappa shape index (κ1) is 12.9. The minimum absolute atomic E-state index is 0.409. The topological polar surface area (TPSA) is 32.7 Å². The Labute approximate surface area is 110 Å². The molecule has 0 radical (unpaired) electrons. The van der Waals surface area contributed by atoms with Gasteiger partial charge in [-0.2, -0.15) is 0 Å². The number of likely N-dealkylation sites (N-methyl/N-ethyl adjacent to an activating group) is 1. The van der Waals surface area contributed by atoms with Crippen LogP contribution in [-0.2, 0) is 4.74 Å². The van der Waals surface area contributed by atoms with E-state index in [2.05, 4.69) is 11.9 Å². The largest absolute Gasteiger partial charge is 0.390 e. The molecule has 1 aliphatic carbocycles. The smallest absolute Gasteiger partial charge is 0.0682 e. The first-order valence-corrected chi connectivity index (χ1v) is 7.68. The number of morpholine rings is 1. The van der Waals surface area contributed by atoms with Crippen LogP contribution in [0.4, 0.5) is 0 Å². The van der Waals surface area contributed by atoms with E-state index in [4.69, 9.17) is 4.74 Å². The van der Waals surface area contributed by atoms with Gasteiger partial charge in [0, 0.05) is 12.1 Å². The monoisotopic (exact) mass is 253 g/mol. The van der Waals surface area contributed by atoms with Crippen LogP contribution in [0, 0.1) is 5.92 Å². The van der Waals surface area contributed by atoms with Gasteiger partial charge in [-0.25, -0.2) is 0 Å². The fourth-order valence-electron chi connectivity index (χ4n) is 4.34. The molecule has 3 aliphatic rings. The summed E-state index contributed by atoms with van der Waals surface area (Å²) >= 11 is 0. The summed E-state index contributed by atoms with van der Waals surface area (Å²) in [5.41, 5.74) is -0.409. The normalized spacial score (nSPS) is 43.0. The molecule has 0 aromatic carbocycles. The molecule has 2 atom stereocenters. The lowest BCUT2D eigenvalue weighted by Crippen LogP contribution is -2.60. The molecule has 3 nitrogen and oxygen atoms in total. The van der Waals surface area contributed by atoms with Gasteiger partial charge < -0.3 is 9.84 Å². The molecule has 3 heteroatoms. The number of piperidine rings is 1. The van der Waals surface area contributed by atoms with E-state index >= 15 is 0 Å². The number of hydrogen-bond acceptors (Lipinski definition) is 3. The van der Waals surface area contributed by atoms with Gasteiger partial charge in [0.1, 0.15) is 0 Å². The predicted octanol–water partition coefficient (Wildman–Crippen LogP) is 2.18. The zero-order chi connectivity index (χ0) is 12.6.